The van der Waals surface area contributed by atoms with Gasteiger partial charge in [0.1, 0.15) is 11.8 Å². The SMILES string of the molecule is Cc1coc(-c2cnoc2N)n1. The van der Waals surface area contributed by atoms with Crippen molar-refractivity contribution >= 4 is 5.88 Å². The number of anilines is 1. The van der Waals surface area contributed by atoms with E-state index in [2.05, 4.69) is 14.7 Å². The minimum atomic E-state index is 0.219. The maximum absolute atomic E-state index is 5.45. The van der Waals surface area contributed by atoms with Gasteiger partial charge in [-0.1, -0.05) is 5.16 Å². The maximum Gasteiger partial charge on any atom is 0.234 e. The van der Waals surface area contributed by atoms with Crippen molar-refractivity contribution in [1.82, 2.24) is 10.1 Å². The average Bonchev–Trinajstić information content (AvgIpc) is 2.58. The van der Waals surface area contributed by atoms with Crippen LogP contribution in [-0.2, 0) is 0 Å². The fourth-order valence-corrected chi connectivity index (χ4v) is 0.887. The molecule has 0 amide bonds. The van der Waals surface area contributed by atoms with Crippen LogP contribution in [-0.4, -0.2) is 10.1 Å². The zero-order chi connectivity index (χ0) is 8.55. The van der Waals surface area contributed by atoms with E-state index in [1.807, 2.05) is 6.92 Å². The highest BCUT2D eigenvalue weighted by Crippen LogP contribution is 2.23. The number of nitrogen functional groups attached to an aromatic ring is 1. The van der Waals surface area contributed by atoms with Crippen LogP contribution in [0.3, 0.4) is 0 Å². The van der Waals surface area contributed by atoms with Gasteiger partial charge in [-0.2, -0.15) is 0 Å². The van der Waals surface area contributed by atoms with Crippen LogP contribution in [0, 0.1) is 6.92 Å². The summed E-state index contributed by atoms with van der Waals surface area (Å²) in [6, 6.07) is 0. The predicted octanol–water partition coefficient (Wildman–Crippen LogP) is 1.22. The Morgan fingerprint density at radius 1 is 1.50 bits per heavy atom. The van der Waals surface area contributed by atoms with Crippen molar-refractivity contribution in [2.24, 2.45) is 0 Å². The molecule has 0 aliphatic rings. The molecule has 2 rings (SSSR count). The van der Waals surface area contributed by atoms with Gasteiger partial charge < -0.3 is 14.7 Å². The molecule has 2 heterocycles. The van der Waals surface area contributed by atoms with Gasteiger partial charge in [-0.25, -0.2) is 4.98 Å². The van der Waals surface area contributed by atoms with Crippen LogP contribution < -0.4 is 5.73 Å². The second-order valence-electron chi connectivity index (χ2n) is 2.40. The zero-order valence-corrected chi connectivity index (χ0v) is 6.44. The van der Waals surface area contributed by atoms with E-state index >= 15 is 0 Å². The van der Waals surface area contributed by atoms with Crippen molar-refractivity contribution in [3.63, 3.8) is 0 Å². The number of oxazole rings is 1. The molecule has 0 saturated heterocycles. The van der Waals surface area contributed by atoms with E-state index in [0.29, 0.717) is 11.5 Å². The molecule has 2 aromatic heterocycles. The van der Waals surface area contributed by atoms with Crippen molar-refractivity contribution in [1.29, 1.82) is 0 Å². The van der Waals surface area contributed by atoms with Crippen molar-refractivity contribution in [3.8, 4) is 11.5 Å². The van der Waals surface area contributed by atoms with Crippen LogP contribution in [0.4, 0.5) is 5.88 Å². The fraction of sp³-hybridized carbons (Fsp3) is 0.143. The molecule has 12 heavy (non-hydrogen) atoms. The quantitative estimate of drug-likeness (QED) is 0.687. The number of hydrogen-bond acceptors (Lipinski definition) is 5. The molecule has 5 heteroatoms. The Morgan fingerprint density at radius 3 is 2.83 bits per heavy atom. The van der Waals surface area contributed by atoms with Crippen LogP contribution in [0.2, 0.25) is 0 Å². The number of nitrogens with two attached hydrogens (primary N) is 1. The topological polar surface area (TPSA) is 78.1 Å². The highest BCUT2D eigenvalue weighted by molar-refractivity contribution is 5.64. The van der Waals surface area contributed by atoms with Gasteiger partial charge in [0.15, 0.2) is 0 Å². The minimum absolute atomic E-state index is 0.219. The van der Waals surface area contributed by atoms with Crippen LogP contribution in [0.1, 0.15) is 5.69 Å². The second kappa shape index (κ2) is 2.37. The first-order valence-corrected chi connectivity index (χ1v) is 3.40. The lowest BCUT2D eigenvalue weighted by molar-refractivity contribution is 0.436. The molecule has 0 aliphatic heterocycles. The van der Waals surface area contributed by atoms with Crippen molar-refractivity contribution in [2.45, 2.75) is 6.92 Å². The van der Waals surface area contributed by atoms with Gasteiger partial charge in [-0.3, -0.25) is 0 Å². The predicted molar refractivity (Wildman–Crippen MR) is 41.1 cm³/mol. The van der Waals surface area contributed by atoms with E-state index in [0.717, 1.165) is 5.69 Å². The summed E-state index contributed by atoms with van der Waals surface area (Å²) in [7, 11) is 0. The number of nitrogens with zero attached hydrogens (tertiary/aromatic N) is 2. The van der Waals surface area contributed by atoms with Gasteiger partial charge >= 0.3 is 0 Å². The molecule has 0 aromatic carbocycles. The van der Waals surface area contributed by atoms with Crippen LogP contribution in [0.5, 0.6) is 0 Å². The summed E-state index contributed by atoms with van der Waals surface area (Å²) >= 11 is 0. The van der Waals surface area contributed by atoms with Crippen molar-refractivity contribution < 1.29 is 8.94 Å². The largest absolute Gasteiger partial charge is 0.444 e. The molecular formula is C7H7N3O2. The van der Waals surface area contributed by atoms with E-state index in [-0.39, 0.29) is 5.88 Å². The second-order valence-corrected chi connectivity index (χ2v) is 2.40. The normalized spacial score (nSPS) is 10.4. The van der Waals surface area contributed by atoms with Gasteiger partial charge in [-0.05, 0) is 6.92 Å². The Kier molecular flexibility index (Phi) is 1.36. The number of aromatic nitrogens is 2. The third kappa shape index (κ3) is 0.952. The molecule has 0 bridgehead atoms. The molecule has 0 spiro atoms. The number of aryl methyl sites for hydroxylation is 1. The number of hydrogen-bond donors (Lipinski definition) is 1. The van der Waals surface area contributed by atoms with Gasteiger partial charge in [0.05, 0.1) is 11.9 Å². The first-order valence-electron chi connectivity index (χ1n) is 3.40. The lowest BCUT2D eigenvalue weighted by Crippen LogP contribution is -1.84. The fourth-order valence-electron chi connectivity index (χ4n) is 0.887. The van der Waals surface area contributed by atoms with E-state index in [1.165, 1.54) is 6.20 Å². The van der Waals surface area contributed by atoms with Gasteiger partial charge in [0.2, 0.25) is 11.8 Å². The summed E-state index contributed by atoms with van der Waals surface area (Å²) in [6.45, 7) is 1.83. The molecule has 2 aromatic rings. The zero-order valence-electron chi connectivity index (χ0n) is 6.44. The Morgan fingerprint density at radius 2 is 2.33 bits per heavy atom. The monoisotopic (exact) mass is 165 g/mol. The molecule has 0 radical (unpaired) electrons. The Hall–Kier alpha value is -1.78. The summed E-state index contributed by atoms with van der Waals surface area (Å²) in [6.07, 6.45) is 3.02. The number of rotatable bonds is 1. The molecule has 62 valence electrons. The van der Waals surface area contributed by atoms with E-state index < -0.39 is 0 Å². The molecule has 2 N–H and O–H groups in total. The maximum atomic E-state index is 5.45. The van der Waals surface area contributed by atoms with Crippen LogP contribution in [0.15, 0.2) is 21.4 Å². The Bertz CT molecular complexity index is 391. The van der Waals surface area contributed by atoms with Crippen LogP contribution in [0.25, 0.3) is 11.5 Å². The molecule has 0 saturated carbocycles. The molecule has 0 fully saturated rings. The average molecular weight is 165 g/mol. The summed E-state index contributed by atoms with van der Waals surface area (Å²) in [5.41, 5.74) is 6.84. The lowest BCUT2D eigenvalue weighted by atomic mass is 10.3. The standard InChI is InChI=1S/C7H7N3O2/c1-4-3-11-7(10-4)5-2-9-12-6(5)8/h2-3H,8H2,1H3. The molecule has 0 unspecified atom stereocenters. The van der Waals surface area contributed by atoms with Gasteiger partial charge in [-0.15, -0.1) is 0 Å². The summed E-state index contributed by atoms with van der Waals surface area (Å²) in [5.74, 6) is 0.656. The van der Waals surface area contributed by atoms with Crippen LogP contribution >= 0.6 is 0 Å². The highest BCUT2D eigenvalue weighted by atomic mass is 16.5. The van der Waals surface area contributed by atoms with Crippen molar-refractivity contribution in [3.05, 3.63) is 18.2 Å². The van der Waals surface area contributed by atoms with Gasteiger partial charge in [0, 0.05) is 0 Å². The highest BCUT2D eigenvalue weighted by Gasteiger charge is 2.11. The molecule has 0 atom stereocenters. The van der Waals surface area contributed by atoms with E-state index in [9.17, 15) is 0 Å². The molecular weight excluding hydrogens is 158 g/mol. The first-order chi connectivity index (χ1) is 5.77. The van der Waals surface area contributed by atoms with E-state index in [1.54, 1.807) is 6.26 Å². The lowest BCUT2D eigenvalue weighted by Gasteiger charge is -1.86. The van der Waals surface area contributed by atoms with Crippen molar-refractivity contribution in [2.75, 3.05) is 5.73 Å². The first kappa shape index (κ1) is 6.90. The smallest absolute Gasteiger partial charge is 0.234 e. The molecule has 5 nitrogen and oxygen atoms in total. The Balaban J connectivity index is 2.50. The summed E-state index contributed by atoms with van der Waals surface area (Å²) < 4.78 is 9.75. The van der Waals surface area contributed by atoms with Gasteiger partial charge in [0.25, 0.3) is 0 Å². The third-order valence-electron chi connectivity index (χ3n) is 1.45. The third-order valence-corrected chi connectivity index (χ3v) is 1.45. The van der Waals surface area contributed by atoms with E-state index in [4.69, 9.17) is 10.2 Å². The summed E-state index contributed by atoms with van der Waals surface area (Å²) in [4.78, 5) is 4.07. The summed E-state index contributed by atoms with van der Waals surface area (Å²) in [5, 5.41) is 3.51. The Labute approximate surface area is 68.2 Å². The molecule has 0 aliphatic carbocycles. The minimum Gasteiger partial charge on any atom is -0.444 e.